The van der Waals surface area contributed by atoms with Crippen molar-refractivity contribution in [3.63, 3.8) is 0 Å². The maximum Gasteiger partial charge on any atom is 0.421 e. The fraction of sp³-hybridized carbons (Fsp3) is 0.667. The summed E-state index contributed by atoms with van der Waals surface area (Å²) in [6, 6.07) is 0. The SMILES string of the molecule is C=C(C(=O)NCC(C)(C)C/C=C(\C)C(=O)NCC(C)(C)C)C(F)(F)F. The van der Waals surface area contributed by atoms with Gasteiger partial charge in [0.15, 0.2) is 0 Å². The van der Waals surface area contributed by atoms with E-state index in [1.54, 1.807) is 26.8 Å². The third-order valence-electron chi connectivity index (χ3n) is 3.44. The lowest BCUT2D eigenvalue weighted by atomic mass is 9.88. The summed E-state index contributed by atoms with van der Waals surface area (Å²) in [6.07, 6.45) is -2.58. The number of alkyl halides is 3. The van der Waals surface area contributed by atoms with E-state index < -0.39 is 23.1 Å². The van der Waals surface area contributed by atoms with Gasteiger partial charge >= 0.3 is 6.18 Å². The molecule has 144 valence electrons. The quantitative estimate of drug-likeness (QED) is 0.678. The Morgan fingerprint density at radius 2 is 1.44 bits per heavy atom. The summed E-state index contributed by atoms with van der Waals surface area (Å²) in [5.41, 5.74) is -1.42. The standard InChI is InChI=1S/C18H29F3N2O2/c1-12(14(24)22-10-16(3,4)5)8-9-17(6,7)11-23-15(25)13(2)18(19,20)21/h8H,2,9-11H2,1,3-7H3,(H,22,24)(H,23,25)/b12-8+. The molecular formula is C18H29F3N2O2. The fourth-order valence-electron chi connectivity index (χ4n) is 1.63. The fourth-order valence-corrected chi connectivity index (χ4v) is 1.63. The molecule has 0 radical (unpaired) electrons. The van der Waals surface area contributed by atoms with Crippen molar-refractivity contribution < 1.29 is 22.8 Å². The summed E-state index contributed by atoms with van der Waals surface area (Å²) in [5.74, 6) is -1.41. The van der Waals surface area contributed by atoms with Crippen LogP contribution in [0.2, 0.25) is 0 Å². The Bertz CT molecular complexity index is 542. The van der Waals surface area contributed by atoms with Gasteiger partial charge in [-0.25, -0.2) is 0 Å². The van der Waals surface area contributed by atoms with Gasteiger partial charge in [0.25, 0.3) is 5.91 Å². The molecule has 0 unspecified atom stereocenters. The number of carbonyl (C=O) groups is 2. The van der Waals surface area contributed by atoms with E-state index in [0.29, 0.717) is 18.5 Å². The van der Waals surface area contributed by atoms with Crippen LogP contribution in [0.3, 0.4) is 0 Å². The Morgan fingerprint density at radius 3 is 1.88 bits per heavy atom. The Hall–Kier alpha value is -1.79. The first-order valence-corrected chi connectivity index (χ1v) is 8.04. The number of nitrogens with one attached hydrogen (secondary N) is 2. The molecule has 0 heterocycles. The molecule has 0 aliphatic rings. The van der Waals surface area contributed by atoms with Gasteiger partial charge in [0.05, 0.1) is 0 Å². The van der Waals surface area contributed by atoms with Crippen molar-refractivity contribution in [3.05, 3.63) is 23.8 Å². The Balaban J connectivity index is 4.58. The van der Waals surface area contributed by atoms with E-state index in [2.05, 4.69) is 17.2 Å². The molecule has 0 aliphatic carbocycles. The average molecular weight is 362 g/mol. The van der Waals surface area contributed by atoms with Crippen LogP contribution in [-0.4, -0.2) is 31.1 Å². The second-order valence-electron chi connectivity index (χ2n) is 8.16. The number of rotatable bonds is 7. The third kappa shape index (κ3) is 9.94. The highest BCUT2D eigenvalue weighted by molar-refractivity contribution is 5.94. The summed E-state index contributed by atoms with van der Waals surface area (Å²) in [5, 5.41) is 5.07. The van der Waals surface area contributed by atoms with Crippen molar-refractivity contribution >= 4 is 11.8 Å². The maximum atomic E-state index is 12.4. The van der Waals surface area contributed by atoms with Crippen molar-refractivity contribution in [3.8, 4) is 0 Å². The number of allylic oxidation sites excluding steroid dienone is 1. The molecule has 4 nitrogen and oxygen atoms in total. The Labute approximate surface area is 147 Å². The molecule has 0 bridgehead atoms. The number of carbonyl (C=O) groups excluding carboxylic acids is 2. The molecule has 0 saturated carbocycles. The van der Waals surface area contributed by atoms with Gasteiger partial charge in [0, 0.05) is 18.7 Å². The lowest BCUT2D eigenvalue weighted by molar-refractivity contribution is -0.131. The summed E-state index contributed by atoms with van der Waals surface area (Å²) < 4.78 is 37.2. The van der Waals surface area contributed by atoms with E-state index in [0.717, 1.165) is 0 Å². The second kappa shape index (κ2) is 8.54. The predicted molar refractivity (Wildman–Crippen MR) is 92.8 cm³/mol. The minimum atomic E-state index is -4.74. The normalized spacial score (nSPS) is 13.4. The zero-order chi connectivity index (χ0) is 20.1. The van der Waals surface area contributed by atoms with Crippen molar-refractivity contribution in [2.75, 3.05) is 13.1 Å². The van der Waals surface area contributed by atoms with E-state index in [-0.39, 0.29) is 17.9 Å². The summed E-state index contributed by atoms with van der Waals surface area (Å²) in [4.78, 5) is 23.4. The largest absolute Gasteiger partial charge is 0.421 e. The van der Waals surface area contributed by atoms with E-state index in [4.69, 9.17) is 0 Å². The van der Waals surface area contributed by atoms with Crippen LogP contribution >= 0.6 is 0 Å². The van der Waals surface area contributed by atoms with Gasteiger partial charge < -0.3 is 10.6 Å². The second-order valence-corrected chi connectivity index (χ2v) is 8.16. The maximum absolute atomic E-state index is 12.4. The van der Waals surface area contributed by atoms with Crippen molar-refractivity contribution in [2.24, 2.45) is 10.8 Å². The van der Waals surface area contributed by atoms with E-state index >= 15 is 0 Å². The first kappa shape index (κ1) is 23.2. The van der Waals surface area contributed by atoms with Crippen LogP contribution in [0, 0.1) is 10.8 Å². The molecule has 0 rings (SSSR count). The molecule has 0 spiro atoms. The summed E-state index contributed by atoms with van der Waals surface area (Å²) in [6.45, 7) is 14.6. The highest BCUT2D eigenvalue weighted by Crippen LogP contribution is 2.25. The highest BCUT2D eigenvalue weighted by atomic mass is 19.4. The molecular weight excluding hydrogens is 333 g/mol. The minimum Gasteiger partial charge on any atom is -0.352 e. The lowest BCUT2D eigenvalue weighted by Gasteiger charge is -2.24. The zero-order valence-corrected chi connectivity index (χ0v) is 15.9. The van der Waals surface area contributed by atoms with Crippen LogP contribution in [0.5, 0.6) is 0 Å². The zero-order valence-electron chi connectivity index (χ0n) is 15.9. The van der Waals surface area contributed by atoms with Gasteiger partial charge in [-0.3, -0.25) is 9.59 Å². The monoisotopic (exact) mass is 362 g/mol. The van der Waals surface area contributed by atoms with E-state index in [1.165, 1.54) is 0 Å². The van der Waals surface area contributed by atoms with Crippen molar-refractivity contribution in [1.29, 1.82) is 0 Å². The average Bonchev–Trinajstić information content (AvgIpc) is 2.45. The third-order valence-corrected chi connectivity index (χ3v) is 3.44. The van der Waals surface area contributed by atoms with Crippen LogP contribution in [0.25, 0.3) is 0 Å². The topological polar surface area (TPSA) is 58.2 Å². The van der Waals surface area contributed by atoms with Gasteiger partial charge in [-0.05, 0) is 24.2 Å². The molecule has 0 fully saturated rings. The molecule has 0 atom stereocenters. The number of amides is 2. The molecule has 0 aromatic rings. The van der Waals surface area contributed by atoms with Crippen LogP contribution in [0.4, 0.5) is 13.2 Å². The Kier molecular flexibility index (Phi) is 7.93. The molecule has 0 aliphatic heterocycles. The lowest BCUT2D eigenvalue weighted by Crippen LogP contribution is -2.37. The van der Waals surface area contributed by atoms with E-state index in [9.17, 15) is 22.8 Å². The first-order chi connectivity index (χ1) is 11.1. The summed E-state index contributed by atoms with van der Waals surface area (Å²) >= 11 is 0. The van der Waals surface area contributed by atoms with Gasteiger partial charge in [0.2, 0.25) is 5.91 Å². The van der Waals surface area contributed by atoms with Crippen LogP contribution in [-0.2, 0) is 9.59 Å². The molecule has 7 heteroatoms. The first-order valence-electron chi connectivity index (χ1n) is 8.04. The van der Waals surface area contributed by atoms with Crippen LogP contribution in [0.1, 0.15) is 48.0 Å². The predicted octanol–water partition coefficient (Wildman–Crippen LogP) is 3.75. The molecule has 0 saturated heterocycles. The molecule has 25 heavy (non-hydrogen) atoms. The van der Waals surface area contributed by atoms with Gasteiger partial charge in [-0.1, -0.05) is 47.3 Å². The molecule has 0 aromatic heterocycles. The number of hydrogen-bond acceptors (Lipinski definition) is 2. The highest BCUT2D eigenvalue weighted by Gasteiger charge is 2.37. The van der Waals surface area contributed by atoms with Crippen LogP contribution < -0.4 is 10.6 Å². The Morgan fingerprint density at radius 1 is 0.960 bits per heavy atom. The number of hydrogen-bond donors (Lipinski definition) is 2. The number of halogens is 3. The van der Waals surface area contributed by atoms with Crippen LogP contribution in [0.15, 0.2) is 23.8 Å². The smallest absolute Gasteiger partial charge is 0.352 e. The van der Waals surface area contributed by atoms with Crippen molar-refractivity contribution in [1.82, 2.24) is 10.6 Å². The minimum absolute atomic E-state index is 0.0274. The molecule has 0 aromatic carbocycles. The van der Waals surface area contributed by atoms with Gasteiger partial charge in [-0.15, -0.1) is 0 Å². The molecule has 2 N–H and O–H groups in total. The molecule has 2 amide bonds. The summed E-state index contributed by atoms with van der Waals surface area (Å²) in [7, 11) is 0. The van der Waals surface area contributed by atoms with Gasteiger partial charge in [0.1, 0.15) is 5.57 Å². The van der Waals surface area contributed by atoms with E-state index in [1.807, 2.05) is 20.8 Å². The van der Waals surface area contributed by atoms with Gasteiger partial charge in [-0.2, -0.15) is 13.2 Å². The van der Waals surface area contributed by atoms with Crippen molar-refractivity contribution in [2.45, 2.75) is 54.1 Å².